The normalized spacial score (nSPS) is 16.6. The first kappa shape index (κ1) is 20.3. The Kier molecular flexibility index (Phi) is 5.99. The van der Waals surface area contributed by atoms with Crippen molar-refractivity contribution in [3.8, 4) is 0 Å². The topological polar surface area (TPSA) is 81.2 Å². The van der Waals surface area contributed by atoms with E-state index in [-0.39, 0.29) is 24.1 Å². The number of nitrogens with zero attached hydrogens (tertiary/aromatic N) is 4. The molecule has 1 fully saturated rings. The molecule has 8 heteroatoms. The Morgan fingerprint density at radius 1 is 1.27 bits per heavy atom. The predicted octanol–water partition coefficient (Wildman–Crippen LogP) is 3.54. The quantitative estimate of drug-likeness (QED) is 0.623. The van der Waals surface area contributed by atoms with Crippen molar-refractivity contribution in [2.75, 3.05) is 6.54 Å². The lowest BCUT2D eigenvalue weighted by atomic mass is 10.0. The zero-order valence-corrected chi connectivity index (χ0v) is 17.5. The zero-order valence-electron chi connectivity index (χ0n) is 16.8. The first-order valence-electron chi connectivity index (χ1n) is 10.0. The maximum atomic E-state index is 13.0. The lowest BCUT2D eigenvalue weighted by Gasteiger charge is -2.33. The second-order valence-electron chi connectivity index (χ2n) is 7.54. The number of aromatic nitrogens is 3. The van der Waals surface area contributed by atoms with E-state index >= 15 is 0 Å². The van der Waals surface area contributed by atoms with Crippen LogP contribution in [0.5, 0.6) is 0 Å². The predicted molar refractivity (Wildman–Crippen MR) is 112 cm³/mol. The molecular formula is C22H23ClN4O3. The van der Waals surface area contributed by atoms with Gasteiger partial charge in [0.2, 0.25) is 11.8 Å². The minimum Gasteiger partial charge on any atom is -0.443 e. The van der Waals surface area contributed by atoms with Gasteiger partial charge in [-0.05, 0) is 49.9 Å². The molecule has 3 aromatic rings. The van der Waals surface area contributed by atoms with Crippen LogP contribution < -0.4 is 5.56 Å². The first-order chi connectivity index (χ1) is 14.5. The lowest BCUT2D eigenvalue weighted by Crippen LogP contribution is -2.42. The van der Waals surface area contributed by atoms with Crippen molar-refractivity contribution in [2.24, 2.45) is 0 Å². The molecule has 1 aliphatic rings. The van der Waals surface area contributed by atoms with E-state index in [1.807, 2.05) is 24.3 Å². The number of benzene rings is 1. The fourth-order valence-corrected chi connectivity index (χ4v) is 3.99. The molecular weight excluding hydrogens is 404 g/mol. The average Bonchev–Trinajstić information content (AvgIpc) is 3.19. The zero-order chi connectivity index (χ0) is 21.1. The highest BCUT2D eigenvalue weighted by atomic mass is 35.5. The van der Waals surface area contributed by atoms with Gasteiger partial charge in [0.1, 0.15) is 18.3 Å². The Morgan fingerprint density at radius 2 is 2.13 bits per heavy atom. The number of oxazole rings is 1. The average molecular weight is 427 g/mol. The second-order valence-corrected chi connectivity index (χ2v) is 7.98. The molecule has 156 valence electrons. The molecule has 0 aliphatic carbocycles. The van der Waals surface area contributed by atoms with Gasteiger partial charge in [-0.1, -0.05) is 23.7 Å². The van der Waals surface area contributed by atoms with E-state index in [4.69, 9.17) is 16.0 Å². The molecule has 1 saturated heterocycles. The van der Waals surface area contributed by atoms with Gasteiger partial charge in [0.15, 0.2) is 0 Å². The van der Waals surface area contributed by atoms with Crippen LogP contribution >= 0.6 is 11.6 Å². The Bertz CT molecular complexity index is 1110. The third kappa shape index (κ3) is 4.62. The number of hydrogen-bond donors (Lipinski definition) is 0. The molecule has 7 nitrogen and oxygen atoms in total. The maximum Gasteiger partial charge on any atom is 0.267 e. The standard InChI is InChI=1S/C22H23ClN4O3/c1-15-8-9-20(28)27(25-15)14-21(29)26-10-3-2-7-19(26)22-24-13-18(30-22)12-16-5-4-6-17(23)11-16/h4-6,8-9,11,13,19H,2-3,7,10,12,14H2,1H3/t19-/m1/s1. The smallest absolute Gasteiger partial charge is 0.267 e. The first-order valence-corrected chi connectivity index (χ1v) is 10.4. The fraction of sp³-hybridized carbons (Fsp3) is 0.364. The van der Waals surface area contributed by atoms with Crippen LogP contribution in [-0.4, -0.2) is 32.1 Å². The van der Waals surface area contributed by atoms with Crippen LogP contribution in [0.1, 0.15) is 48.2 Å². The van der Waals surface area contributed by atoms with Crippen LogP contribution in [0.15, 0.2) is 51.8 Å². The molecule has 1 atom stereocenters. The number of halogens is 1. The highest BCUT2D eigenvalue weighted by molar-refractivity contribution is 6.30. The fourth-order valence-electron chi connectivity index (χ4n) is 3.78. The van der Waals surface area contributed by atoms with Crippen LogP contribution in [0.2, 0.25) is 5.02 Å². The SMILES string of the molecule is Cc1ccc(=O)n(CC(=O)N2CCCC[C@@H]2c2ncc(Cc3cccc(Cl)c3)o2)n1. The number of carbonyl (C=O) groups excluding carboxylic acids is 1. The van der Waals surface area contributed by atoms with Gasteiger partial charge in [-0.25, -0.2) is 9.67 Å². The molecule has 0 spiro atoms. The molecule has 0 bridgehead atoms. The maximum absolute atomic E-state index is 13.0. The van der Waals surface area contributed by atoms with Gasteiger partial charge in [-0.3, -0.25) is 9.59 Å². The third-order valence-corrected chi connectivity index (χ3v) is 5.47. The lowest BCUT2D eigenvalue weighted by molar-refractivity contribution is -0.136. The van der Waals surface area contributed by atoms with Gasteiger partial charge in [-0.15, -0.1) is 0 Å². The summed E-state index contributed by atoms with van der Waals surface area (Å²) in [4.78, 5) is 31.2. The van der Waals surface area contributed by atoms with E-state index in [0.717, 1.165) is 30.6 Å². The number of likely N-dealkylation sites (tertiary alicyclic amines) is 1. The molecule has 1 aliphatic heterocycles. The highest BCUT2D eigenvalue weighted by Crippen LogP contribution is 2.31. The van der Waals surface area contributed by atoms with Crippen molar-refractivity contribution in [1.29, 1.82) is 0 Å². The molecule has 4 rings (SSSR count). The van der Waals surface area contributed by atoms with Gasteiger partial charge in [0.05, 0.1) is 11.9 Å². The summed E-state index contributed by atoms with van der Waals surface area (Å²) in [5.74, 6) is 1.10. The monoisotopic (exact) mass is 426 g/mol. The Balaban J connectivity index is 1.51. The van der Waals surface area contributed by atoms with Gasteiger partial charge < -0.3 is 9.32 Å². The number of piperidine rings is 1. The summed E-state index contributed by atoms with van der Waals surface area (Å²) in [7, 11) is 0. The molecule has 0 unspecified atom stereocenters. The number of rotatable bonds is 5. The molecule has 0 radical (unpaired) electrons. The number of carbonyl (C=O) groups is 1. The summed E-state index contributed by atoms with van der Waals surface area (Å²) in [6.45, 7) is 2.31. The molecule has 0 saturated carbocycles. The minimum atomic E-state index is -0.289. The third-order valence-electron chi connectivity index (χ3n) is 5.23. The summed E-state index contributed by atoms with van der Waals surface area (Å²) in [6, 6.07) is 10.4. The van der Waals surface area contributed by atoms with Crippen LogP contribution in [0, 0.1) is 6.92 Å². The van der Waals surface area contributed by atoms with E-state index in [9.17, 15) is 9.59 Å². The van der Waals surface area contributed by atoms with Crippen molar-refractivity contribution in [3.05, 3.63) is 80.9 Å². The summed E-state index contributed by atoms with van der Waals surface area (Å²) >= 11 is 6.06. The van der Waals surface area contributed by atoms with Gasteiger partial charge in [0, 0.05) is 24.1 Å². The van der Waals surface area contributed by atoms with Crippen molar-refractivity contribution < 1.29 is 9.21 Å². The van der Waals surface area contributed by atoms with Crippen molar-refractivity contribution >= 4 is 17.5 Å². The van der Waals surface area contributed by atoms with E-state index in [0.29, 0.717) is 29.6 Å². The molecule has 1 aromatic carbocycles. The van der Waals surface area contributed by atoms with Crippen LogP contribution in [0.25, 0.3) is 0 Å². The molecule has 1 amide bonds. The Labute approximate surface area is 179 Å². The second kappa shape index (κ2) is 8.83. The summed E-state index contributed by atoms with van der Waals surface area (Å²) in [5.41, 5.74) is 1.44. The van der Waals surface area contributed by atoms with Crippen molar-refractivity contribution in [2.45, 2.75) is 45.2 Å². The van der Waals surface area contributed by atoms with Crippen molar-refractivity contribution in [3.63, 3.8) is 0 Å². The van der Waals surface area contributed by atoms with Gasteiger partial charge in [0.25, 0.3) is 5.56 Å². The van der Waals surface area contributed by atoms with Gasteiger partial charge in [-0.2, -0.15) is 5.10 Å². The number of aryl methyl sites for hydroxylation is 1. The van der Waals surface area contributed by atoms with Gasteiger partial charge >= 0.3 is 0 Å². The largest absolute Gasteiger partial charge is 0.443 e. The summed E-state index contributed by atoms with van der Waals surface area (Å²) in [5, 5.41) is 4.85. The summed E-state index contributed by atoms with van der Waals surface area (Å²) in [6.07, 6.45) is 4.97. The van der Waals surface area contributed by atoms with E-state index in [1.54, 1.807) is 24.1 Å². The van der Waals surface area contributed by atoms with E-state index in [2.05, 4.69) is 10.1 Å². The van der Waals surface area contributed by atoms with Crippen LogP contribution in [0.4, 0.5) is 0 Å². The van der Waals surface area contributed by atoms with E-state index in [1.165, 1.54) is 10.7 Å². The van der Waals surface area contributed by atoms with Crippen LogP contribution in [0.3, 0.4) is 0 Å². The molecule has 30 heavy (non-hydrogen) atoms. The molecule has 3 heterocycles. The Hall–Kier alpha value is -2.93. The highest BCUT2D eigenvalue weighted by Gasteiger charge is 2.31. The molecule has 0 N–H and O–H groups in total. The number of hydrogen-bond acceptors (Lipinski definition) is 5. The van der Waals surface area contributed by atoms with Crippen molar-refractivity contribution in [1.82, 2.24) is 19.7 Å². The molecule has 2 aromatic heterocycles. The Morgan fingerprint density at radius 3 is 2.97 bits per heavy atom. The van der Waals surface area contributed by atoms with Crippen LogP contribution in [-0.2, 0) is 17.8 Å². The minimum absolute atomic E-state index is 0.0902. The summed E-state index contributed by atoms with van der Waals surface area (Å²) < 4.78 is 7.22. The number of amides is 1. The van der Waals surface area contributed by atoms with E-state index < -0.39 is 0 Å².